The standard InChI is InChI=1S/C23H24ClN3O3S/c24-17-3-7-19(8-4-17)27-10-9-20(23(27)30)22(29)25-18-5-1-16(2-6-18)15-21(28)26-11-13-31-14-12-26/h1-8,20H,9-15H2,(H,25,29). The Morgan fingerprint density at radius 3 is 2.35 bits per heavy atom. The lowest BCUT2D eigenvalue weighted by Gasteiger charge is -2.26. The van der Waals surface area contributed by atoms with E-state index in [1.54, 1.807) is 41.3 Å². The highest BCUT2D eigenvalue weighted by molar-refractivity contribution is 7.99. The molecule has 2 aromatic carbocycles. The summed E-state index contributed by atoms with van der Waals surface area (Å²) in [6.45, 7) is 2.11. The van der Waals surface area contributed by atoms with Crippen LogP contribution in [0.25, 0.3) is 0 Å². The van der Waals surface area contributed by atoms with Crippen LogP contribution in [0.2, 0.25) is 5.02 Å². The number of rotatable bonds is 5. The number of benzene rings is 2. The molecule has 4 rings (SSSR count). The maximum absolute atomic E-state index is 12.7. The molecule has 2 saturated heterocycles. The normalized spacial score (nSPS) is 18.9. The van der Waals surface area contributed by atoms with Gasteiger partial charge in [0.15, 0.2) is 0 Å². The molecule has 8 heteroatoms. The smallest absolute Gasteiger partial charge is 0.239 e. The molecular weight excluding hydrogens is 434 g/mol. The fraction of sp³-hybridized carbons (Fsp3) is 0.348. The van der Waals surface area contributed by atoms with Crippen LogP contribution in [0.4, 0.5) is 11.4 Å². The molecule has 1 N–H and O–H groups in total. The van der Waals surface area contributed by atoms with E-state index in [9.17, 15) is 14.4 Å². The first-order chi connectivity index (χ1) is 15.0. The summed E-state index contributed by atoms with van der Waals surface area (Å²) in [7, 11) is 0. The third-order valence-electron chi connectivity index (χ3n) is 5.60. The van der Waals surface area contributed by atoms with Gasteiger partial charge in [-0.25, -0.2) is 0 Å². The summed E-state index contributed by atoms with van der Waals surface area (Å²) in [5.74, 6) is 0.889. The predicted molar refractivity (Wildman–Crippen MR) is 125 cm³/mol. The first-order valence-corrected chi connectivity index (χ1v) is 11.9. The number of nitrogens with zero attached hydrogens (tertiary/aromatic N) is 2. The predicted octanol–water partition coefficient (Wildman–Crippen LogP) is 3.45. The van der Waals surface area contributed by atoms with Crippen molar-refractivity contribution < 1.29 is 14.4 Å². The lowest BCUT2D eigenvalue weighted by atomic mass is 10.1. The van der Waals surface area contributed by atoms with Gasteiger partial charge in [-0.1, -0.05) is 23.7 Å². The van der Waals surface area contributed by atoms with Gasteiger partial charge >= 0.3 is 0 Å². The lowest BCUT2D eigenvalue weighted by Crippen LogP contribution is -2.38. The Balaban J connectivity index is 1.32. The van der Waals surface area contributed by atoms with Crippen LogP contribution < -0.4 is 10.2 Å². The van der Waals surface area contributed by atoms with Crippen molar-refractivity contribution in [3.63, 3.8) is 0 Å². The second-order valence-electron chi connectivity index (χ2n) is 7.66. The molecule has 0 aromatic heterocycles. The third-order valence-corrected chi connectivity index (χ3v) is 6.80. The number of hydrogen-bond donors (Lipinski definition) is 1. The molecule has 0 radical (unpaired) electrons. The van der Waals surface area contributed by atoms with Crippen molar-refractivity contribution >= 4 is 52.5 Å². The largest absolute Gasteiger partial charge is 0.341 e. The van der Waals surface area contributed by atoms with Crippen LogP contribution in [-0.4, -0.2) is 53.8 Å². The molecular formula is C23H24ClN3O3S. The number of anilines is 2. The molecule has 0 saturated carbocycles. The number of carbonyl (C=O) groups is 3. The summed E-state index contributed by atoms with van der Waals surface area (Å²) in [6.07, 6.45) is 0.823. The van der Waals surface area contributed by atoms with E-state index in [2.05, 4.69) is 5.32 Å². The van der Waals surface area contributed by atoms with Gasteiger partial charge in [-0.2, -0.15) is 11.8 Å². The molecule has 1 unspecified atom stereocenters. The monoisotopic (exact) mass is 457 g/mol. The number of hydrogen-bond acceptors (Lipinski definition) is 4. The molecule has 2 heterocycles. The highest BCUT2D eigenvalue weighted by Gasteiger charge is 2.37. The molecule has 0 spiro atoms. The van der Waals surface area contributed by atoms with Crippen molar-refractivity contribution in [3.8, 4) is 0 Å². The van der Waals surface area contributed by atoms with Crippen molar-refractivity contribution in [1.29, 1.82) is 0 Å². The Kier molecular flexibility index (Phi) is 6.83. The van der Waals surface area contributed by atoms with Crippen molar-refractivity contribution in [2.75, 3.05) is 41.4 Å². The summed E-state index contributed by atoms with van der Waals surface area (Å²) in [5, 5.41) is 3.44. The summed E-state index contributed by atoms with van der Waals surface area (Å²) < 4.78 is 0. The zero-order chi connectivity index (χ0) is 21.8. The average Bonchev–Trinajstić information content (AvgIpc) is 3.17. The van der Waals surface area contributed by atoms with Crippen molar-refractivity contribution in [2.24, 2.45) is 5.92 Å². The van der Waals surface area contributed by atoms with Gasteiger partial charge in [-0.05, 0) is 48.4 Å². The first-order valence-electron chi connectivity index (χ1n) is 10.3. The molecule has 6 nitrogen and oxygen atoms in total. The van der Waals surface area contributed by atoms with Crippen LogP contribution in [0, 0.1) is 5.92 Å². The molecule has 2 fully saturated rings. The van der Waals surface area contributed by atoms with Crippen molar-refractivity contribution in [3.05, 3.63) is 59.1 Å². The van der Waals surface area contributed by atoms with E-state index in [0.717, 1.165) is 35.8 Å². The van der Waals surface area contributed by atoms with Gasteiger partial charge in [0, 0.05) is 47.5 Å². The first kappa shape index (κ1) is 21.7. The SMILES string of the molecule is O=C(Nc1ccc(CC(=O)N2CCSCC2)cc1)C1CCN(c2ccc(Cl)cc2)C1=O. The van der Waals surface area contributed by atoms with E-state index < -0.39 is 5.92 Å². The van der Waals surface area contributed by atoms with Crippen LogP contribution in [0.1, 0.15) is 12.0 Å². The molecule has 162 valence electrons. The highest BCUT2D eigenvalue weighted by Crippen LogP contribution is 2.27. The number of halogens is 1. The minimum atomic E-state index is -0.714. The van der Waals surface area contributed by atoms with Gasteiger partial charge in [0.1, 0.15) is 5.92 Å². The van der Waals surface area contributed by atoms with E-state index in [1.165, 1.54) is 0 Å². The zero-order valence-corrected chi connectivity index (χ0v) is 18.6. The Morgan fingerprint density at radius 2 is 1.68 bits per heavy atom. The molecule has 0 aliphatic carbocycles. The Hall–Kier alpha value is -2.51. The van der Waals surface area contributed by atoms with Crippen LogP contribution in [0.15, 0.2) is 48.5 Å². The Labute approximate surface area is 190 Å². The van der Waals surface area contributed by atoms with Crippen molar-refractivity contribution in [1.82, 2.24) is 4.90 Å². The van der Waals surface area contributed by atoms with Gasteiger partial charge in [-0.3, -0.25) is 14.4 Å². The molecule has 1 atom stereocenters. The van der Waals surface area contributed by atoms with Crippen LogP contribution in [0.3, 0.4) is 0 Å². The molecule has 31 heavy (non-hydrogen) atoms. The maximum Gasteiger partial charge on any atom is 0.239 e. The summed E-state index contributed by atoms with van der Waals surface area (Å²) in [6, 6.07) is 14.3. The van der Waals surface area contributed by atoms with Crippen LogP contribution in [-0.2, 0) is 20.8 Å². The molecule has 3 amide bonds. The van der Waals surface area contributed by atoms with E-state index in [-0.39, 0.29) is 17.7 Å². The highest BCUT2D eigenvalue weighted by atomic mass is 35.5. The zero-order valence-electron chi connectivity index (χ0n) is 17.1. The molecule has 2 aliphatic heterocycles. The summed E-state index contributed by atoms with van der Waals surface area (Å²) in [5.41, 5.74) is 2.27. The number of thioether (sulfide) groups is 1. The van der Waals surface area contributed by atoms with E-state index in [1.807, 2.05) is 28.8 Å². The van der Waals surface area contributed by atoms with E-state index >= 15 is 0 Å². The Morgan fingerprint density at radius 1 is 1.00 bits per heavy atom. The van der Waals surface area contributed by atoms with Gasteiger partial charge in [0.2, 0.25) is 17.7 Å². The van der Waals surface area contributed by atoms with Gasteiger partial charge in [-0.15, -0.1) is 0 Å². The minimum Gasteiger partial charge on any atom is -0.341 e. The fourth-order valence-electron chi connectivity index (χ4n) is 3.84. The molecule has 0 bridgehead atoms. The minimum absolute atomic E-state index is 0.135. The third kappa shape index (κ3) is 5.22. The van der Waals surface area contributed by atoms with Crippen LogP contribution in [0.5, 0.6) is 0 Å². The molecule has 2 aliphatic rings. The topological polar surface area (TPSA) is 69.7 Å². The Bertz CT molecular complexity index is 959. The lowest BCUT2D eigenvalue weighted by molar-refractivity contribution is -0.130. The van der Waals surface area contributed by atoms with Gasteiger partial charge in [0.25, 0.3) is 0 Å². The summed E-state index contributed by atoms with van der Waals surface area (Å²) >= 11 is 7.79. The summed E-state index contributed by atoms with van der Waals surface area (Å²) in [4.78, 5) is 41.4. The second kappa shape index (κ2) is 9.75. The average molecular weight is 458 g/mol. The maximum atomic E-state index is 12.7. The van der Waals surface area contributed by atoms with Crippen LogP contribution >= 0.6 is 23.4 Å². The molecule has 2 aromatic rings. The van der Waals surface area contributed by atoms with E-state index in [4.69, 9.17) is 11.6 Å². The van der Waals surface area contributed by atoms with Crippen molar-refractivity contribution in [2.45, 2.75) is 12.8 Å². The number of nitrogens with one attached hydrogen (secondary N) is 1. The second-order valence-corrected chi connectivity index (χ2v) is 9.32. The quantitative estimate of drug-likeness (QED) is 0.698. The number of amides is 3. The fourth-order valence-corrected chi connectivity index (χ4v) is 4.86. The van der Waals surface area contributed by atoms with E-state index in [0.29, 0.717) is 30.1 Å². The number of carbonyl (C=O) groups excluding carboxylic acids is 3. The van der Waals surface area contributed by atoms with Gasteiger partial charge < -0.3 is 15.1 Å². The van der Waals surface area contributed by atoms with Gasteiger partial charge in [0.05, 0.1) is 6.42 Å².